The number of carbonyl (C=O) groups is 1. The van der Waals surface area contributed by atoms with E-state index in [4.69, 9.17) is 4.74 Å². The minimum absolute atomic E-state index is 0.000996. The van der Waals surface area contributed by atoms with Gasteiger partial charge in [0, 0.05) is 25.1 Å². The van der Waals surface area contributed by atoms with Gasteiger partial charge in [0.2, 0.25) is 5.91 Å². The van der Waals surface area contributed by atoms with Crippen LogP contribution in [0.2, 0.25) is 0 Å². The van der Waals surface area contributed by atoms with Crippen LogP contribution in [-0.2, 0) is 4.79 Å². The molecule has 2 heterocycles. The molecule has 4 nitrogen and oxygen atoms in total. The van der Waals surface area contributed by atoms with Gasteiger partial charge in [-0.3, -0.25) is 4.79 Å². The molecule has 1 saturated heterocycles. The molecular weight excluding hydrogens is 360 g/mol. The first-order valence-electron chi connectivity index (χ1n) is 10.9. The Balaban J connectivity index is 1.58. The smallest absolute Gasteiger partial charge is 0.228 e. The van der Waals surface area contributed by atoms with Gasteiger partial charge in [-0.25, -0.2) is 0 Å². The largest absolute Gasteiger partial charge is 0.487 e. The molecule has 0 aromatic heterocycles. The van der Waals surface area contributed by atoms with Gasteiger partial charge in [0.1, 0.15) is 11.4 Å². The average Bonchev–Trinajstić information content (AvgIpc) is 2.75. The number of likely N-dealkylation sites (tertiary alicyclic amines) is 1. The maximum Gasteiger partial charge on any atom is 0.228 e. The van der Waals surface area contributed by atoms with Gasteiger partial charge >= 0.3 is 0 Å². The Morgan fingerprint density at radius 2 is 1.83 bits per heavy atom. The van der Waals surface area contributed by atoms with Crippen molar-refractivity contribution >= 4 is 5.91 Å². The molecule has 0 radical (unpaired) electrons. The first-order chi connectivity index (χ1) is 14.1. The molecule has 2 aliphatic rings. The number of ether oxygens (including phenoxy) is 1. The predicted molar refractivity (Wildman–Crippen MR) is 116 cm³/mol. The van der Waals surface area contributed by atoms with Crippen LogP contribution in [0.5, 0.6) is 5.75 Å². The van der Waals surface area contributed by atoms with Crippen LogP contribution in [-0.4, -0.2) is 36.5 Å². The normalized spacial score (nSPS) is 21.8. The molecule has 29 heavy (non-hydrogen) atoms. The third kappa shape index (κ3) is 4.32. The van der Waals surface area contributed by atoms with Gasteiger partial charge in [0.15, 0.2) is 0 Å². The summed E-state index contributed by atoms with van der Waals surface area (Å²) in [5, 5.41) is 3.41. The van der Waals surface area contributed by atoms with Crippen LogP contribution >= 0.6 is 0 Å². The lowest BCUT2D eigenvalue weighted by Crippen LogP contribution is -2.51. The van der Waals surface area contributed by atoms with Crippen molar-refractivity contribution in [2.24, 2.45) is 0 Å². The number of benzene rings is 2. The number of amides is 1. The van der Waals surface area contributed by atoms with Crippen LogP contribution in [0, 0.1) is 0 Å². The van der Waals surface area contributed by atoms with E-state index in [-0.39, 0.29) is 23.5 Å². The van der Waals surface area contributed by atoms with Gasteiger partial charge in [-0.1, -0.05) is 61.9 Å². The molecule has 0 saturated carbocycles. The Bertz CT molecular complexity index is 828. The van der Waals surface area contributed by atoms with Gasteiger partial charge in [-0.05, 0) is 37.9 Å². The van der Waals surface area contributed by atoms with Crippen molar-refractivity contribution in [3.05, 3.63) is 65.7 Å². The highest BCUT2D eigenvalue weighted by Crippen LogP contribution is 2.44. The number of nitrogens with one attached hydrogen (secondary N) is 1. The molecule has 1 amide bonds. The highest BCUT2D eigenvalue weighted by molar-refractivity contribution is 5.84. The van der Waals surface area contributed by atoms with Gasteiger partial charge in [-0.2, -0.15) is 0 Å². The quantitative estimate of drug-likeness (QED) is 0.804. The lowest BCUT2D eigenvalue weighted by Gasteiger charge is -2.46. The van der Waals surface area contributed by atoms with Crippen molar-refractivity contribution in [2.45, 2.75) is 56.6 Å². The van der Waals surface area contributed by atoms with E-state index in [9.17, 15) is 4.79 Å². The molecule has 1 N–H and O–H groups in total. The van der Waals surface area contributed by atoms with E-state index in [0.717, 1.165) is 62.1 Å². The Morgan fingerprint density at radius 1 is 1.14 bits per heavy atom. The van der Waals surface area contributed by atoms with Crippen molar-refractivity contribution in [1.29, 1.82) is 0 Å². The number of hydrogen-bond donors (Lipinski definition) is 1. The Morgan fingerprint density at radius 3 is 2.55 bits per heavy atom. The lowest BCUT2D eigenvalue weighted by atomic mass is 9.80. The van der Waals surface area contributed by atoms with Crippen LogP contribution in [0.25, 0.3) is 0 Å². The van der Waals surface area contributed by atoms with E-state index in [1.807, 2.05) is 30.3 Å². The fourth-order valence-corrected chi connectivity index (χ4v) is 4.77. The van der Waals surface area contributed by atoms with Crippen LogP contribution in [0.3, 0.4) is 0 Å². The first-order valence-corrected chi connectivity index (χ1v) is 10.9. The molecule has 2 atom stereocenters. The average molecular weight is 393 g/mol. The van der Waals surface area contributed by atoms with Crippen LogP contribution in [0.4, 0.5) is 0 Å². The summed E-state index contributed by atoms with van der Waals surface area (Å²) in [6, 6.07) is 18.4. The van der Waals surface area contributed by atoms with Crippen molar-refractivity contribution in [1.82, 2.24) is 10.2 Å². The van der Waals surface area contributed by atoms with Gasteiger partial charge in [0.05, 0.1) is 12.0 Å². The lowest BCUT2D eigenvalue weighted by molar-refractivity contribution is -0.124. The summed E-state index contributed by atoms with van der Waals surface area (Å²) in [6.45, 7) is 4.21. The zero-order valence-corrected chi connectivity index (χ0v) is 17.6. The highest BCUT2D eigenvalue weighted by atomic mass is 16.5. The number of para-hydroxylation sites is 1. The second-order valence-corrected chi connectivity index (χ2v) is 8.64. The molecule has 0 bridgehead atoms. The fourth-order valence-electron chi connectivity index (χ4n) is 4.77. The van der Waals surface area contributed by atoms with E-state index < -0.39 is 0 Å². The van der Waals surface area contributed by atoms with Crippen LogP contribution < -0.4 is 10.1 Å². The number of carbonyl (C=O) groups excluding carboxylic acids is 1. The fraction of sp³-hybridized carbons (Fsp3) is 0.480. The van der Waals surface area contributed by atoms with Crippen molar-refractivity contribution in [3.8, 4) is 5.75 Å². The molecule has 0 aliphatic carbocycles. The number of rotatable bonds is 5. The molecule has 2 aromatic rings. The molecule has 1 fully saturated rings. The second-order valence-electron chi connectivity index (χ2n) is 8.64. The summed E-state index contributed by atoms with van der Waals surface area (Å²) >= 11 is 0. The number of fused-ring (bicyclic) bond motifs is 1. The van der Waals surface area contributed by atoms with Crippen molar-refractivity contribution in [3.63, 3.8) is 0 Å². The monoisotopic (exact) mass is 392 g/mol. The minimum atomic E-state index is -0.175. The maximum atomic E-state index is 13.4. The molecule has 4 heteroatoms. The van der Waals surface area contributed by atoms with Gasteiger partial charge in [0.25, 0.3) is 0 Å². The third-order valence-corrected chi connectivity index (χ3v) is 6.51. The van der Waals surface area contributed by atoms with E-state index in [1.165, 1.54) is 0 Å². The van der Waals surface area contributed by atoms with Gasteiger partial charge in [-0.15, -0.1) is 0 Å². The second kappa shape index (κ2) is 8.58. The predicted octanol–water partition coefficient (Wildman–Crippen LogP) is 4.67. The zero-order valence-electron chi connectivity index (χ0n) is 17.6. The van der Waals surface area contributed by atoms with Crippen LogP contribution in [0.1, 0.15) is 62.1 Å². The molecular formula is C25H32N2O2. The summed E-state index contributed by atoms with van der Waals surface area (Å²) in [7, 11) is 2.16. The summed E-state index contributed by atoms with van der Waals surface area (Å²) in [6.07, 6.45) is 4.68. The Labute approximate surface area is 174 Å². The van der Waals surface area contributed by atoms with Crippen molar-refractivity contribution < 1.29 is 9.53 Å². The molecule has 1 spiro atoms. The molecule has 2 aromatic carbocycles. The third-order valence-electron chi connectivity index (χ3n) is 6.51. The standard InChI is InChI=1S/C25H32N2O2/c1-3-9-20(19-10-5-4-6-11-19)24(28)26-22-18-25(14-16-27(2)17-15-25)29-23-13-8-7-12-21(22)23/h4-8,10-13,20,22H,3,9,14-18H2,1-2H3,(H,26,28)/t20-,22+/m0/s1. The summed E-state index contributed by atoms with van der Waals surface area (Å²) < 4.78 is 6.54. The summed E-state index contributed by atoms with van der Waals surface area (Å²) in [5.74, 6) is 0.952. The first kappa shape index (κ1) is 20.0. The topological polar surface area (TPSA) is 41.6 Å². The Kier molecular flexibility index (Phi) is 5.91. The van der Waals surface area contributed by atoms with E-state index in [2.05, 4.69) is 48.5 Å². The maximum absolute atomic E-state index is 13.4. The van der Waals surface area contributed by atoms with E-state index in [1.54, 1.807) is 0 Å². The van der Waals surface area contributed by atoms with Gasteiger partial charge < -0.3 is 15.0 Å². The molecule has 2 aliphatic heterocycles. The summed E-state index contributed by atoms with van der Waals surface area (Å²) in [4.78, 5) is 15.7. The van der Waals surface area contributed by atoms with E-state index >= 15 is 0 Å². The SMILES string of the molecule is CCC[C@H](C(=O)N[C@@H]1CC2(CCN(C)CC2)Oc2ccccc21)c1ccccc1. The number of nitrogens with zero attached hydrogens (tertiary/aromatic N) is 1. The Hall–Kier alpha value is -2.33. The minimum Gasteiger partial charge on any atom is -0.487 e. The number of piperidine rings is 1. The molecule has 0 unspecified atom stereocenters. The summed E-state index contributed by atoms with van der Waals surface area (Å²) in [5.41, 5.74) is 2.03. The highest BCUT2D eigenvalue weighted by Gasteiger charge is 2.43. The number of hydrogen-bond acceptors (Lipinski definition) is 3. The van der Waals surface area contributed by atoms with Crippen LogP contribution in [0.15, 0.2) is 54.6 Å². The van der Waals surface area contributed by atoms with Crippen molar-refractivity contribution in [2.75, 3.05) is 20.1 Å². The van der Waals surface area contributed by atoms with E-state index in [0.29, 0.717) is 0 Å². The molecule has 154 valence electrons. The molecule has 4 rings (SSSR count). The zero-order chi connectivity index (χ0) is 20.3.